The molecule has 0 saturated carbocycles. The molecule has 1 aromatic heterocycles. The largest absolute Gasteiger partial charge is 0.380 e. The third-order valence-corrected chi connectivity index (χ3v) is 5.31. The van der Waals surface area contributed by atoms with E-state index in [9.17, 15) is 9.59 Å². The first-order chi connectivity index (χ1) is 13.0. The molecule has 1 saturated heterocycles. The lowest BCUT2D eigenvalue weighted by Crippen LogP contribution is -2.39. The smallest absolute Gasteiger partial charge is 0.332 e. The molecule has 1 fully saturated rings. The maximum absolute atomic E-state index is 12.4. The van der Waals surface area contributed by atoms with E-state index in [0.29, 0.717) is 18.0 Å². The first-order valence-electron chi connectivity index (χ1n) is 8.68. The van der Waals surface area contributed by atoms with Crippen molar-refractivity contribution in [1.82, 2.24) is 10.6 Å². The molecule has 1 aromatic carbocycles. The van der Waals surface area contributed by atoms with Gasteiger partial charge in [-0.2, -0.15) is 0 Å². The number of amides is 1. The van der Waals surface area contributed by atoms with Crippen molar-refractivity contribution in [3.8, 4) is 0 Å². The summed E-state index contributed by atoms with van der Waals surface area (Å²) in [4.78, 5) is 28.7. The molecular weight excluding hydrogens is 364 g/mol. The Hall–Kier alpha value is -2.71. The maximum Gasteiger partial charge on any atom is 0.332 e. The minimum Gasteiger partial charge on any atom is -0.380 e. The molecule has 27 heavy (non-hydrogen) atoms. The third kappa shape index (κ3) is 5.15. The molecule has 4 N–H and O–H groups in total. The maximum atomic E-state index is 12.4. The summed E-state index contributed by atoms with van der Waals surface area (Å²) in [7, 11) is 0. The van der Waals surface area contributed by atoms with E-state index >= 15 is 0 Å². The summed E-state index contributed by atoms with van der Waals surface area (Å²) < 4.78 is 0. The topological polar surface area (TPSA) is 106 Å². The fourth-order valence-corrected chi connectivity index (χ4v) is 3.80. The van der Waals surface area contributed by atoms with Gasteiger partial charge in [-0.15, -0.1) is 11.3 Å². The van der Waals surface area contributed by atoms with Crippen molar-refractivity contribution in [2.75, 3.05) is 6.54 Å². The van der Waals surface area contributed by atoms with Crippen molar-refractivity contribution in [1.29, 1.82) is 0 Å². The molecule has 0 spiro atoms. The van der Waals surface area contributed by atoms with Crippen LogP contribution in [0.4, 0.5) is 0 Å². The molecule has 2 aromatic rings. The molecule has 7 nitrogen and oxygen atoms in total. The van der Waals surface area contributed by atoms with Crippen LogP contribution in [0.2, 0.25) is 0 Å². The zero-order valence-corrected chi connectivity index (χ0v) is 15.8. The Bertz CT molecular complexity index is 834. The molecule has 1 amide bonds. The zero-order valence-electron chi connectivity index (χ0n) is 15.0. The fourth-order valence-electron chi connectivity index (χ4n) is 2.99. The molecular formula is C19H22N4O3S. The average Bonchev–Trinajstić information content (AvgIpc) is 3.34. The van der Waals surface area contributed by atoms with Crippen molar-refractivity contribution in [3.05, 3.63) is 57.8 Å². The highest BCUT2D eigenvalue weighted by molar-refractivity contribution is 7.10. The van der Waals surface area contributed by atoms with Gasteiger partial charge >= 0.3 is 5.97 Å². The Balaban J connectivity index is 1.50. The number of hydrogen-bond donors (Lipinski definition) is 3. The first kappa shape index (κ1) is 19.1. The molecule has 1 aliphatic heterocycles. The molecule has 0 aliphatic carbocycles. The number of carbonyl (C=O) groups excluding carboxylic acids is 2. The molecule has 0 unspecified atom stereocenters. The molecule has 2 heterocycles. The molecule has 0 radical (unpaired) electrons. The Morgan fingerprint density at radius 1 is 1.37 bits per heavy atom. The summed E-state index contributed by atoms with van der Waals surface area (Å²) in [6.07, 6.45) is 0.785. The summed E-state index contributed by atoms with van der Waals surface area (Å²) in [5.74, 6) is -0.0572. The fraction of sp³-hybridized carbons (Fsp3) is 0.316. The second-order valence-corrected chi connectivity index (χ2v) is 7.38. The van der Waals surface area contributed by atoms with E-state index < -0.39 is 5.97 Å². The molecule has 2 atom stereocenters. The van der Waals surface area contributed by atoms with E-state index in [-0.39, 0.29) is 17.8 Å². The van der Waals surface area contributed by atoms with Gasteiger partial charge in [-0.25, -0.2) is 4.79 Å². The monoisotopic (exact) mass is 386 g/mol. The van der Waals surface area contributed by atoms with Gasteiger partial charge in [0.25, 0.3) is 0 Å². The van der Waals surface area contributed by atoms with Crippen molar-refractivity contribution in [3.63, 3.8) is 0 Å². The van der Waals surface area contributed by atoms with Gasteiger partial charge in [0.2, 0.25) is 5.91 Å². The zero-order chi connectivity index (χ0) is 19.2. The lowest BCUT2D eigenvalue weighted by atomic mass is 9.96. The second-order valence-electron chi connectivity index (χ2n) is 6.38. The molecule has 0 bridgehead atoms. The van der Waals surface area contributed by atoms with Gasteiger partial charge in [-0.05, 0) is 24.0 Å². The molecule has 142 valence electrons. The summed E-state index contributed by atoms with van der Waals surface area (Å²) in [5.41, 5.74) is 7.68. The Labute approximate surface area is 161 Å². The third-order valence-electron chi connectivity index (χ3n) is 4.38. The van der Waals surface area contributed by atoms with Gasteiger partial charge < -0.3 is 21.2 Å². The van der Waals surface area contributed by atoms with Gasteiger partial charge in [-0.1, -0.05) is 35.5 Å². The summed E-state index contributed by atoms with van der Waals surface area (Å²) in [6, 6.07) is 11.9. The van der Waals surface area contributed by atoms with Crippen molar-refractivity contribution in [2.24, 2.45) is 10.9 Å². The molecule has 3 rings (SSSR count). The minimum absolute atomic E-state index is 0.00932. The van der Waals surface area contributed by atoms with Gasteiger partial charge in [0, 0.05) is 29.3 Å². The van der Waals surface area contributed by atoms with Gasteiger partial charge in [-0.3, -0.25) is 4.79 Å². The Morgan fingerprint density at radius 2 is 2.15 bits per heavy atom. The van der Waals surface area contributed by atoms with Crippen LogP contribution < -0.4 is 16.4 Å². The number of nitrogens with one attached hydrogen (secondary N) is 2. The highest BCUT2D eigenvalue weighted by atomic mass is 32.1. The van der Waals surface area contributed by atoms with Crippen LogP contribution in [0.15, 0.2) is 46.9 Å². The van der Waals surface area contributed by atoms with Gasteiger partial charge in [0.05, 0.1) is 12.6 Å². The van der Waals surface area contributed by atoms with Crippen molar-refractivity contribution in [2.45, 2.75) is 31.8 Å². The van der Waals surface area contributed by atoms with Crippen molar-refractivity contribution >= 4 is 29.0 Å². The number of carbonyl (C=O) groups is 2. The average molecular weight is 386 g/mol. The van der Waals surface area contributed by atoms with Crippen molar-refractivity contribution < 1.29 is 14.4 Å². The van der Waals surface area contributed by atoms with E-state index in [1.165, 1.54) is 23.8 Å². The van der Waals surface area contributed by atoms with Gasteiger partial charge in [0.15, 0.2) is 5.84 Å². The number of nitrogens with two attached hydrogens (primary N) is 1. The molecule has 8 heteroatoms. The lowest BCUT2D eigenvalue weighted by Gasteiger charge is -2.11. The number of benzene rings is 1. The number of nitrogens with zero attached hydrogens (tertiary/aromatic N) is 1. The van der Waals surface area contributed by atoms with E-state index in [1.807, 2.05) is 29.6 Å². The standard InChI is InChI=1S/C19H22N4O3S/c1-12(24)26-23-18(20)15-7-16(27-11-15)10-22-19(25)17-8-14(9-21-17)13-5-3-2-4-6-13/h2-7,11,14,17,21H,8-10H2,1H3,(H2,20,23)(H,22,25)/t14-,17-/m0/s1. The number of oxime groups is 1. The van der Waals surface area contributed by atoms with E-state index in [1.54, 1.807) is 0 Å². The second kappa shape index (κ2) is 8.79. The summed E-state index contributed by atoms with van der Waals surface area (Å²) >= 11 is 1.46. The van der Waals surface area contributed by atoms with Crippen LogP contribution in [0.1, 0.15) is 35.3 Å². The number of thiophene rings is 1. The molecule has 1 aliphatic rings. The van der Waals surface area contributed by atoms with E-state index in [4.69, 9.17) is 5.73 Å². The first-order valence-corrected chi connectivity index (χ1v) is 9.55. The lowest BCUT2D eigenvalue weighted by molar-refractivity contribution is -0.140. The van der Waals surface area contributed by atoms with Crippen LogP contribution in [0.3, 0.4) is 0 Å². The Kier molecular flexibility index (Phi) is 6.20. The SMILES string of the molecule is CC(=O)O/N=C(/N)c1csc(CNC(=O)[C@@H]2C[C@H](c3ccccc3)CN2)c1. The van der Waals surface area contributed by atoms with Crippen LogP contribution in [0, 0.1) is 0 Å². The van der Waals surface area contributed by atoms with Crippen LogP contribution in [-0.4, -0.2) is 30.3 Å². The van der Waals surface area contributed by atoms with Crippen LogP contribution in [-0.2, 0) is 21.0 Å². The summed E-state index contributed by atoms with van der Waals surface area (Å²) in [6.45, 7) is 2.47. The Morgan fingerprint density at radius 3 is 2.89 bits per heavy atom. The number of hydrogen-bond acceptors (Lipinski definition) is 6. The predicted molar refractivity (Wildman–Crippen MR) is 104 cm³/mol. The van der Waals surface area contributed by atoms with E-state index in [0.717, 1.165) is 17.8 Å². The summed E-state index contributed by atoms with van der Waals surface area (Å²) in [5, 5.41) is 11.6. The highest BCUT2D eigenvalue weighted by Crippen LogP contribution is 2.25. The van der Waals surface area contributed by atoms with Crippen LogP contribution in [0.25, 0.3) is 0 Å². The van der Waals surface area contributed by atoms with Gasteiger partial charge in [0.1, 0.15) is 0 Å². The number of amidine groups is 1. The minimum atomic E-state index is -0.529. The predicted octanol–water partition coefficient (Wildman–Crippen LogP) is 1.69. The van der Waals surface area contributed by atoms with Crippen LogP contribution in [0.5, 0.6) is 0 Å². The normalized spacial score (nSPS) is 19.7. The number of rotatable bonds is 6. The highest BCUT2D eigenvalue weighted by Gasteiger charge is 2.30. The van der Waals surface area contributed by atoms with Crippen LogP contribution >= 0.6 is 11.3 Å². The quantitative estimate of drug-likeness (QED) is 0.303. The van der Waals surface area contributed by atoms with E-state index in [2.05, 4.69) is 32.8 Å².